The van der Waals surface area contributed by atoms with Gasteiger partial charge in [-0.1, -0.05) is 32.0 Å². The molecule has 0 bridgehead atoms. The molecule has 2 rings (SSSR count). The quantitative estimate of drug-likeness (QED) is 0.678. The Balaban J connectivity index is 2.17. The van der Waals surface area contributed by atoms with E-state index in [-0.39, 0.29) is 30.2 Å². The van der Waals surface area contributed by atoms with E-state index in [4.69, 9.17) is 5.11 Å². The molecule has 2 amide bonds. The number of carboxylic acid groups (broad SMARTS) is 1. The molecular weight excluding hydrogens is 270 g/mol. The van der Waals surface area contributed by atoms with Gasteiger partial charge in [0.15, 0.2) is 0 Å². The van der Waals surface area contributed by atoms with E-state index in [9.17, 15) is 14.4 Å². The Morgan fingerprint density at radius 2 is 1.86 bits per heavy atom. The Morgan fingerprint density at radius 3 is 2.43 bits per heavy atom. The molecule has 2 unspecified atom stereocenters. The lowest BCUT2D eigenvalue weighted by Crippen LogP contribution is -2.30. The number of rotatable bonds is 4. The van der Waals surface area contributed by atoms with Gasteiger partial charge in [-0.2, -0.15) is 0 Å². The maximum absolute atomic E-state index is 12.0. The van der Waals surface area contributed by atoms with Crippen LogP contribution < -0.4 is 0 Å². The molecule has 0 aliphatic carbocycles. The number of aliphatic carboxylic acids is 1. The third-order valence-corrected chi connectivity index (χ3v) is 3.77. The van der Waals surface area contributed by atoms with E-state index < -0.39 is 5.97 Å². The highest BCUT2D eigenvalue weighted by atomic mass is 16.4. The lowest BCUT2D eigenvalue weighted by Gasteiger charge is -2.14. The van der Waals surface area contributed by atoms with Crippen molar-refractivity contribution in [3.05, 3.63) is 41.5 Å². The first-order chi connectivity index (χ1) is 9.90. The molecule has 1 aliphatic heterocycles. The van der Waals surface area contributed by atoms with Gasteiger partial charge in [0.1, 0.15) is 0 Å². The van der Waals surface area contributed by atoms with Crippen LogP contribution in [-0.2, 0) is 20.9 Å². The zero-order valence-corrected chi connectivity index (χ0v) is 11.9. The molecule has 0 spiro atoms. The highest BCUT2D eigenvalue weighted by molar-refractivity contribution is 6.04. The van der Waals surface area contributed by atoms with E-state index in [0.29, 0.717) is 0 Å². The monoisotopic (exact) mass is 287 g/mol. The Bertz CT molecular complexity index is 600. The van der Waals surface area contributed by atoms with Gasteiger partial charge < -0.3 is 5.11 Å². The van der Waals surface area contributed by atoms with Crippen LogP contribution in [0.5, 0.6) is 0 Å². The summed E-state index contributed by atoms with van der Waals surface area (Å²) >= 11 is 0. The van der Waals surface area contributed by atoms with Gasteiger partial charge in [0.05, 0.1) is 6.54 Å². The molecule has 1 heterocycles. The van der Waals surface area contributed by atoms with Crippen LogP contribution in [0.4, 0.5) is 0 Å². The van der Waals surface area contributed by atoms with Crippen molar-refractivity contribution in [2.45, 2.75) is 20.4 Å². The summed E-state index contributed by atoms with van der Waals surface area (Å²) in [5, 5.41) is 8.62. The molecule has 5 nitrogen and oxygen atoms in total. The van der Waals surface area contributed by atoms with Crippen LogP contribution in [0, 0.1) is 11.8 Å². The van der Waals surface area contributed by atoms with E-state index in [1.54, 1.807) is 32.0 Å². The number of hydrogen-bond donors (Lipinski definition) is 1. The van der Waals surface area contributed by atoms with Crippen molar-refractivity contribution in [1.29, 1.82) is 0 Å². The van der Waals surface area contributed by atoms with Gasteiger partial charge in [0, 0.05) is 17.9 Å². The van der Waals surface area contributed by atoms with Crippen LogP contribution in [0.2, 0.25) is 0 Å². The second kappa shape index (κ2) is 5.91. The van der Waals surface area contributed by atoms with E-state index in [0.717, 1.165) is 17.2 Å². The van der Waals surface area contributed by atoms with Crippen LogP contribution in [0.15, 0.2) is 30.3 Å². The lowest BCUT2D eigenvalue weighted by molar-refractivity contribution is -0.140. The van der Waals surface area contributed by atoms with Crippen molar-refractivity contribution in [1.82, 2.24) is 4.90 Å². The number of carbonyl (C=O) groups excluding carboxylic acids is 2. The number of carbonyl (C=O) groups is 3. The fourth-order valence-electron chi connectivity index (χ4n) is 2.33. The van der Waals surface area contributed by atoms with Crippen LogP contribution in [-0.4, -0.2) is 27.8 Å². The minimum absolute atomic E-state index is 0.154. The summed E-state index contributed by atoms with van der Waals surface area (Å²) in [6.45, 7) is 3.74. The first kappa shape index (κ1) is 15.0. The maximum atomic E-state index is 12.0. The van der Waals surface area contributed by atoms with Crippen LogP contribution in [0.3, 0.4) is 0 Å². The minimum atomic E-state index is -1.02. The molecule has 1 N–H and O–H groups in total. The zero-order chi connectivity index (χ0) is 15.6. The number of imide groups is 1. The maximum Gasteiger partial charge on any atom is 0.328 e. The second-order valence-corrected chi connectivity index (χ2v) is 5.26. The summed E-state index contributed by atoms with van der Waals surface area (Å²) in [5.41, 5.74) is 1.51. The fourth-order valence-corrected chi connectivity index (χ4v) is 2.33. The third-order valence-electron chi connectivity index (χ3n) is 3.77. The van der Waals surface area contributed by atoms with Crippen molar-refractivity contribution in [3.63, 3.8) is 0 Å². The summed E-state index contributed by atoms with van der Waals surface area (Å²) in [6.07, 6.45) is 2.53. The van der Waals surface area contributed by atoms with Crippen LogP contribution in [0.1, 0.15) is 25.0 Å². The normalized spacial score (nSPS) is 22.3. The topological polar surface area (TPSA) is 74.7 Å². The Labute approximate surface area is 122 Å². The summed E-state index contributed by atoms with van der Waals surface area (Å²) in [6, 6.07) is 7.12. The highest BCUT2D eigenvalue weighted by Gasteiger charge is 2.41. The number of amides is 2. The van der Waals surface area contributed by atoms with Crippen molar-refractivity contribution in [3.8, 4) is 0 Å². The molecule has 1 fully saturated rings. The van der Waals surface area contributed by atoms with Crippen molar-refractivity contribution < 1.29 is 19.5 Å². The number of likely N-dealkylation sites (tertiary alicyclic amines) is 1. The smallest absolute Gasteiger partial charge is 0.328 e. The van der Waals surface area contributed by atoms with Gasteiger partial charge in [-0.15, -0.1) is 0 Å². The average Bonchev–Trinajstić information content (AvgIpc) is 2.63. The van der Waals surface area contributed by atoms with E-state index >= 15 is 0 Å². The van der Waals surface area contributed by atoms with Gasteiger partial charge in [-0.3, -0.25) is 14.5 Å². The summed E-state index contributed by atoms with van der Waals surface area (Å²) in [4.78, 5) is 35.9. The van der Waals surface area contributed by atoms with Crippen molar-refractivity contribution in [2.24, 2.45) is 11.8 Å². The predicted octanol–water partition coefficient (Wildman–Crippen LogP) is 1.93. The highest BCUT2D eigenvalue weighted by Crippen LogP contribution is 2.27. The van der Waals surface area contributed by atoms with Gasteiger partial charge in [0.25, 0.3) is 0 Å². The average molecular weight is 287 g/mol. The largest absolute Gasteiger partial charge is 0.478 e. The molecule has 0 radical (unpaired) electrons. The summed E-state index contributed by atoms with van der Waals surface area (Å²) in [5.74, 6) is -1.90. The Morgan fingerprint density at radius 1 is 1.24 bits per heavy atom. The molecule has 1 aromatic carbocycles. The molecular formula is C16H17NO4. The zero-order valence-electron chi connectivity index (χ0n) is 11.9. The number of nitrogens with zero attached hydrogens (tertiary/aromatic N) is 1. The number of carboxylic acids is 1. The molecule has 1 aliphatic rings. The van der Waals surface area contributed by atoms with Gasteiger partial charge in [0.2, 0.25) is 11.8 Å². The fraction of sp³-hybridized carbons (Fsp3) is 0.312. The second-order valence-electron chi connectivity index (χ2n) is 5.26. The first-order valence-electron chi connectivity index (χ1n) is 6.75. The number of hydrogen-bond acceptors (Lipinski definition) is 3. The molecule has 110 valence electrons. The first-order valence-corrected chi connectivity index (χ1v) is 6.75. The van der Waals surface area contributed by atoms with E-state index in [2.05, 4.69) is 0 Å². The molecule has 0 saturated carbocycles. The SMILES string of the molecule is CC1C(=O)N(Cc2cccc(C=CC(=O)O)c2)C(=O)C1C. The molecule has 0 aromatic heterocycles. The summed E-state index contributed by atoms with van der Waals surface area (Å²) < 4.78 is 0. The third kappa shape index (κ3) is 3.18. The Kier molecular flexibility index (Phi) is 4.21. The van der Waals surface area contributed by atoms with Crippen molar-refractivity contribution in [2.75, 3.05) is 0 Å². The molecule has 2 atom stereocenters. The molecule has 21 heavy (non-hydrogen) atoms. The van der Waals surface area contributed by atoms with Gasteiger partial charge >= 0.3 is 5.97 Å². The minimum Gasteiger partial charge on any atom is -0.478 e. The van der Waals surface area contributed by atoms with Crippen molar-refractivity contribution >= 4 is 23.9 Å². The summed E-state index contributed by atoms with van der Waals surface area (Å²) in [7, 11) is 0. The number of benzene rings is 1. The molecule has 1 saturated heterocycles. The molecule has 5 heteroatoms. The van der Waals surface area contributed by atoms with Crippen LogP contribution in [0.25, 0.3) is 6.08 Å². The standard InChI is InChI=1S/C16H17NO4/c1-10-11(2)16(21)17(15(10)20)9-13-5-3-4-12(8-13)6-7-14(18)19/h3-8,10-11H,9H2,1-2H3,(H,18,19). The van der Waals surface area contributed by atoms with Gasteiger partial charge in [-0.25, -0.2) is 4.79 Å². The van der Waals surface area contributed by atoms with E-state index in [1.807, 2.05) is 6.07 Å². The predicted molar refractivity (Wildman–Crippen MR) is 77.0 cm³/mol. The van der Waals surface area contributed by atoms with Gasteiger partial charge in [-0.05, 0) is 23.3 Å². The van der Waals surface area contributed by atoms with Crippen LogP contribution >= 0.6 is 0 Å². The lowest BCUT2D eigenvalue weighted by atomic mass is 10.00. The molecule has 1 aromatic rings. The Hall–Kier alpha value is -2.43. The van der Waals surface area contributed by atoms with E-state index in [1.165, 1.54) is 11.0 Å².